The van der Waals surface area contributed by atoms with E-state index in [0.29, 0.717) is 6.42 Å². The molecule has 0 aromatic heterocycles. The fourth-order valence-corrected chi connectivity index (χ4v) is 5.67. The zero-order valence-electron chi connectivity index (χ0n) is 18.8. The number of hydrogen-bond acceptors (Lipinski definition) is 5. The van der Waals surface area contributed by atoms with Crippen LogP contribution in [0.4, 0.5) is 4.79 Å². The number of hydrogen-bond donors (Lipinski definition) is 3. The zero-order chi connectivity index (χ0) is 23.7. The highest BCUT2D eigenvalue weighted by atomic mass is 16.5. The minimum Gasteiger partial charge on any atom is -0.480 e. The molecule has 34 heavy (non-hydrogen) atoms. The van der Waals surface area contributed by atoms with Gasteiger partial charge in [0.25, 0.3) is 0 Å². The van der Waals surface area contributed by atoms with E-state index >= 15 is 0 Å². The lowest BCUT2D eigenvalue weighted by Crippen LogP contribution is -2.39. The number of carbonyl (C=O) groups is 3. The molecule has 0 bridgehead atoms. The molecule has 2 aromatic carbocycles. The molecule has 2 saturated carbocycles. The molecule has 3 N–H and O–H groups in total. The Kier molecular flexibility index (Phi) is 6.00. The van der Waals surface area contributed by atoms with Crippen LogP contribution >= 0.6 is 0 Å². The van der Waals surface area contributed by atoms with Crippen LogP contribution in [-0.4, -0.2) is 55.5 Å². The first-order chi connectivity index (χ1) is 16.5. The van der Waals surface area contributed by atoms with Gasteiger partial charge in [0, 0.05) is 18.5 Å². The molecule has 3 aliphatic rings. The summed E-state index contributed by atoms with van der Waals surface area (Å²) in [6, 6.07) is 16.3. The second kappa shape index (κ2) is 9.10. The highest BCUT2D eigenvalue weighted by Gasteiger charge is 2.65. The van der Waals surface area contributed by atoms with Gasteiger partial charge in [-0.1, -0.05) is 48.5 Å². The number of amides is 2. The summed E-state index contributed by atoms with van der Waals surface area (Å²) < 4.78 is 10.6. The maximum absolute atomic E-state index is 12.6. The van der Waals surface area contributed by atoms with E-state index in [2.05, 4.69) is 34.9 Å². The van der Waals surface area contributed by atoms with Gasteiger partial charge in [0.05, 0.1) is 12.0 Å². The molecule has 0 spiro atoms. The molecule has 2 amide bonds. The van der Waals surface area contributed by atoms with Crippen LogP contribution in [0, 0.1) is 11.3 Å². The van der Waals surface area contributed by atoms with E-state index in [-0.39, 0.29) is 50.2 Å². The predicted molar refractivity (Wildman–Crippen MR) is 123 cm³/mol. The molecule has 0 heterocycles. The molecular formula is C26H28N2O6. The molecule has 0 saturated heterocycles. The van der Waals surface area contributed by atoms with Crippen molar-refractivity contribution < 1.29 is 29.0 Å². The van der Waals surface area contributed by atoms with Crippen LogP contribution < -0.4 is 10.6 Å². The summed E-state index contributed by atoms with van der Waals surface area (Å²) in [6.07, 6.45) is 1.71. The van der Waals surface area contributed by atoms with Crippen molar-refractivity contribution in [1.29, 1.82) is 0 Å². The van der Waals surface area contributed by atoms with Crippen molar-refractivity contribution in [2.45, 2.75) is 31.2 Å². The first-order valence-electron chi connectivity index (χ1n) is 11.7. The van der Waals surface area contributed by atoms with Crippen molar-refractivity contribution in [1.82, 2.24) is 10.6 Å². The summed E-state index contributed by atoms with van der Waals surface area (Å²) in [5.41, 5.74) is 4.27. The largest absolute Gasteiger partial charge is 0.480 e. The van der Waals surface area contributed by atoms with E-state index in [9.17, 15) is 14.4 Å². The van der Waals surface area contributed by atoms with Crippen LogP contribution in [-0.2, 0) is 19.1 Å². The first kappa shape index (κ1) is 22.4. The summed E-state index contributed by atoms with van der Waals surface area (Å²) in [5, 5.41) is 14.4. The Balaban J connectivity index is 1.10. The monoisotopic (exact) mass is 464 g/mol. The highest BCUT2D eigenvalue weighted by molar-refractivity contribution is 5.87. The molecule has 2 fully saturated rings. The van der Waals surface area contributed by atoms with Crippen molar-refractivity contribution in [3.63, 3.8) is 0 Å². The standard InChI is InChI=1S/C26H28N2O6/c29-23(30)15-33-10-9-27-24(31)26-12-16(26)11-17(13-26)28-25(32)34-14-22-20-7-3-1-5-18(20)19-6-2-4-8-21(19)22/h1-8,16-17,22H,9-15H2,(H,27,31)(H,28,32)(H,29,30)/t16-,17+,26+/m0/s1. The summed E-state index contributed by atoms with van der Waals surface area (Å²) >= 11 is 0. The molecule has 5 rings (SSSR count). The average Bonchev–Trinajstić information content (AvgIpc) is 3.25. The number of aliphatic carboxylic acids is 1. The lowest BCUT2D eigenvalue weighted by Gasteiger charge is -2.19. The van der Waals surface area contributed by atoms with Crippen LogP contribution in [0.25, 0.3) is 11.1 Å². The van der Waals surface area contributed by atoms with Crippen molar-refractivity contribution in [3.05, 3.63) is 59.7 Å². The summed E-state index contributed by atoms with van der Waals surface area (Å²) in [5.74, 6) is -0.819. The Morgan fingerprint density at radius 2 is 1.68 bits per heavy atom. The van der Waals surface area contributed by atoms with E-state index < -0.39 is 17.5 Å². The topological polar surface area (TPSA) is 114 Å². The van der Waals surface area contributed by atoms with Crippen LogP contribution in [0.1, 0.15) is 36.3 Å². The number of rotatable bonds is 9. The predicted octanol–water partition coefficient (Wildman–Crippen LogP) is 2.91. The van der Waals surface area contributed by atoms with E-state index in [1.54, 1.807) is 0 Å². The number of fused-ring (bicyclic) bond motifs is 4. The van der Waals surface area contributed by atoms with Gasteiger partial charge in [-0.05, 0) is 47.4 Å². The summed E-state index contributed by atoms with van der Waals surface area (Å²) in [4.78, 5) is 35.7. The Labute approximate surface area is 197 Å². The maximum atomic E-state index is 12.6. The van der Waals surface area contributed by atoms with Gasteiger partial charge in [0.1, 0.15) is 13.2 Å². The molecule has 3 aliphatic carbocycles. The van der Waals surface area contributed by atoms with Crippen molar-refractivity contribution in [3.8, 4) is 11.1 Å². The molecule has 178 valence electrons. The Bertz CT molecular complexity index is 1070. The smallest absolute Gasteiger partial charge is 0.407 e. The Hall–Kier alpha value is -3.39. The normalized spacial score (nSPS) is 24.0. The molecule has 0 unspecified atom stereocenters. The van der Waals surface area contributed by atoms with Crippen LogP contribution in [0.2, 0.25) is 0 Å². The van der Waals surface area contributed by atoms with Gasteiger partial charge in [0.2, 0.25) is 5.91 Å². The number of carbonyl (C=O) groups excluding carboxylic acids is 2. The average molecular weight is 465 g/mol. The third kappa shape index (κ3) is 4.25. The molecule has 2 aromatic rings. The third-order valence-corrected chi connectivity index (χ3v) is 7.29. The van der Waals surface area contributed by atoms with Crippen LogP contribution in [0.15, 0.2) is 48.5 Å². The van der Waals surface area contributed by atoms with Gasteiger partial charge < -0.3 is 25.2 Å². The van der Waals surface area contributed by atoms with Crippen molar-refractivity contribution >= 4 is 18.0 Å². The fraction of sp³-hybridized carbons (Fsp3) is 0.423. The number of carboxylic acids is 1. The van der Waals surface area contributed by atoms with Crippen molar-refractivity contribution in [2.75, 3.05) is 26.4 Å². The summed E-state index contributed by atoms with van der Waals surface area (Å²) in [6.45, 7) is 0.305. The second-order valence-corrected chi connectivity index (χ2v) is 9.37. The third-order valence-electron chi connectivity index (χ3n) is 7.29. The number of ether oxygens (including phenoxy) is 2. The lowest BCUT2D eigenvalue weighted by atomic mass is 9.98. The van der Waals surface area contributed by atoms with E-state index in [0.717, 1.165) is 12.8 Å². The van der Waals surface area contributed by atoms with Gasteiger partial charge in [-0.15, -0.1) is 0 Å². The zero-order valence-corrected chi connectivity index (χ0v) is 18.8. The van der Waals surface area contributed by atoms with E-state index in [4.69, 9.17) is 14.6 Å². The number of alkyl carbamates (subject to hydrolysis) is 1. The van der Waals surface area contributed by atoms with Crippen LogP contribution in [0.3, 0.4) is 0 Å². The van der Waals surface area contributed by atoms with E-state index in [1.165, 1.54) is 22.3 Å². The lowest BCUT2D eigenvalue weighted by molar-refractivity contribution is -0.142. The Morgan fingerprint density at radius 1 is 1.00 bits per heavy atom. The van der Waals surface area contributed by atoms with Gasteiger partial charge in [0.15, 0.2) is 0 Å². The van der Waals surface area contributed by atoms with Crippen molar-refractivity contribution in [2.24, 2.45) is 11.3 Å². The SMILES string of the molecule is O=C(O)COCCNC(=O)[C@]12C[C@H](NC(=O)OCC3c4ccccc4-c4ccccc43)C[C@H]1C2. The van der Waals surface area contributed by atoms with Gasteiger partial charge in [-0.2, -0.15) is 0 Å². The molecule has 3 atom stereocenters. The number of nitrogens with one attached hydrogen (secondary N) is 2. The summed E-state index contributed by atoms with van der Waals surface area (Å²) in [7, 11) is 0. The van der Waals surface area contributed by atoms with Gasteiger partial charge in [-0.3, -0.25) is 4.79 Å². The molecule has 0 radical (unpaired) electrons. The minimum absolute atomic E-state index is 0.00981. The quantitative estimate of drug-likeness (QED) is 0.492. The highest BCUT2D eigenvalue weighted by Crippen LogP contribution is 2.63. The molecule has 8 heteroatoms. The maximum Gasteiger partial charge on any atom is 0.407 e. The fourth-order valence-electron chi connectivity index (χ4n) is 5.67. The molecule has 0 aliphatic heterocycles. The van der Waals surface area contributed by atoms with Gasteiger partial charge >= 0.3 is 12.1 Å². The second-order valence-electron chi connectivity index (χ2n) is 9.37. The Morgan fingerprint density at radius 3 is 2.35 bits per heavy atom. The minimum atomic E-state index is -1.04. The molecule has 8 nitrogen and oxygen atoms in total. The first-order valence-corrected chi connectivity index (χ1v) is 11.7. The van der Waals surface area contributed by atoms with Crippen LogP contribution in [0.5, 0.6) is 0 Å². The number of benzene rings is 2. The number of carboxylic acid groups (broad SMARTS) is 1. The van der Waals surface area contributed by atoms with E-state index in [1.807, 2.05) is 24.3 Å². The molecular weight excluding hydrogens is 436 g/mol. The van der Waals surface area contributed by atoms with Gasteiger partial charge in [-0.25, -0.2) is 9.59 Å².